The van der Waals surface area contributed by atoms with E-state index in [4.69, 9.17) is 9.47 Å². The molecule has 0 aliphatic carbocycles. The van der Waals surface area contributed by atoms with Gasteiger partial charge in [0.05, 0.1) is 14.2 Å². The second kappa shape index (κ2) is 10.8. The van der Waals surface area contributed by atoms with Gasteiger partial charge in [0, 0.05) is 36.6 Å². The predicted octanol–water partition coefficient (Wildman–Crippen LogP) is 4.21. The van der Waals surface area contributed by atoms with Crippen molar-refractivity contribution in [2.24, 2.45) is 0 Å². The number of fused-ring (bicyclic) bond motifs is 1. The first kappa shape index (κ1) is 23.9. The van der Waals surface area contributed by atoms with Crippen LogP contribution in [0.25, 0.3) is 16.8 Å². The number of anilines is 2. The highest BCUT2D eigenvalue weighted by atomic mass is 16.5. The molecule has 4 aromatic heterocycles. The monoisotopic (exact) mass is 475 g/mol. The van der Waals surface area contributed by atoms with Crippen LogP contribution in [-0.4, -0.2) is 62.7 Å². The van der Waals surface area contributed by atoms with Crippen molar-refractivity contribution in [3.63, 3.8) is 0 Å². The smallest absolute Gasteiger partial charge is 0.272 e. The van der Waals surface area contributed by atoms with Gasteiger partial charge in [-0.2, -0.15) is 4.98 Å². The summed E-state index contributed by atoms with van der Waals surface area (Å²) in [4.78, 5) is 28.1. The van der Waals surface area contributed by atoms with Crippen molar-refractivity contribution in [3.05, 3.63) is 54.5 Å². The molecule has 0 atom stereocenters. The summed E-state index contributed by atoms with van der Waals surface area (Å²) in [7, 11) is 3.12. The van der Waals surface area contributed by atoms with Crippen LogP contribution in [0.15, 0.2) is 48.8 Å². The minimum absolute atomic E-state index is 0.0755. The Morgan fingerprint density at radius 3 is 2.54 bits per heavy atom. The zero-order valence-electron chi connectivity index (χ0n) is 20.4. The molecule has 0 aliphatic heterocycles. The molecule has 1 amide bonds. The van der Waals surface area contributed by atoms with Crippen molar-refractivity contribution >= 4 is 23.3 Å². The average molecular weight is 476 g/mol. The first-order valence-electron chi connectivity index (χ1n) is 11.5. The number of hydrogen-bond donors (Lipinski definition) is 1. The van der Waals surface area contributed by atoms with Gasteiger partial charge in [-0.25, -0.2) is 14.5 Å². The Morgan fingerprint density at radius 1 is 1.03 bits per heavy atom. The number of methoxy groups -OCH3 is 2. The standard InChI is InChI=1S/C25H29N7O3/c1-5-12-31(13-6-2)24(33)19-8-7-9-21(27-19)28-25-29-22-11-10-17(16-32(22)30-25)18-14-20(34-3)23(35-4)26-15-18/h7-11,14-16H,5-6,12-13H2,1-4H3,(H,27,28,30). The summed E-state index contributed by atoms with van der Waals surface area (Å²) < 4.78 is 12.2. The molecule has 10 nitrogen and oxygen atoms in total. The molecule has 0 fully saturated rings. The van der Waals surface area contributed by atoms with Crippen LogP contribution in [0.1, 0.15) is 37.2 Å². The summed E-state index contributed by atoms with van der Waals surface area (Å²) in [6, 6.07) is 11.0. The van der Waals surface area contributed by atoms with Crippen LogP contribution in [0.4, 0.5) is 11.8 Å². The average Bonchev–Trinajstić information content (AvgIpc) is 3.29. The molecule has 4 rings (SSSR count). The number of amides is 1. The summed E-state index contributed by atoms with van der Waals surface area (Å²) in [5.74, 6) is 1.77. The molecular formula is C25H29N7O3. The summed E-state index contributed by atoms with van der Waals surface area (Å²) in [6.45, 7) is 5.53. The summed E-state index contributed by atoms with van der Waals surface area (Å²) >= 11 is 0. The Labute approximate surface area is 203 Å². The molecule has 0 aliphatic rings. The maximum atomic E-state index is 12.9. The van der Waals surface area contributed by atoms with E-state index in [1.807, 2.05) is 29.3 Å². The molecule has 182 valence electrons. The van der Waals surface area contributed by atoms with Crippen LogP contribution in [-0.2, 0) is 0 Å². The number of ether oxygens (including phenoxy) is 2. The zero-order valence-corrected chi connectivity index (χ0v) is 20.4. The maximum Gasteiger partial charge on any atom is 0.272 e. The van der Waals surface area contributed by atoms with Crippen LogP contribution in [0.5, 0.6) is 11.6 Å². The van der Waals surface area contributed by atoms with Crippen molar-refractivity contribution < 1.29 is 14.3 Å². The fourth-order valence-corrected chi connectivity index (χ4v) is 3.75. The molecule has 0 saturated heterocycles. The van der Waals surface area contributed by atoms with Gasteiger partial charge < -0.3 is 19.7 Å². The number of carbonyl (C=O) groups excluding carboxylic acids is 1. The van der Waals surface area contributed by atoms with Gasteiger partial charge in [-0.1, -0.05) is 19.9 Å². The second-order valence-electron chi connectivity index (χ2n) is 7.92. The molecule has 4 heterocycles. The minimum Gasteiger partial charge on any atom is -0.491 e. The summed E-state index contributed by atoms with van der Waals surface area (Å²) in [6.07, 6.45) is 5.37. The van der Waals surface area contributed by atoms with E-state index in [2.05, 4.69) is 39.2 Å². The molecule has 35 heavy (non-hydrogen) atoms. The van der Waals surface area contributed by atoms with Gasteiger partial charge in [-0.15, -0.1) is 5.10 Å². The molecule has 0 unspecified atom stereocenters. The quantitative estimate of drug-likeness (QED) is 0.364. The van der Waals surface area contributed by atoms with Crippen LogP contribution in [0, 0.1) is 0 Å². The molecule has 1 N–H and O–H groups in total. The van der Waals surface area contributed by atoms with Gasteiger partial charge in [0.15, 0.2) is 11.4 Å². The van der Waals surface area contributed by atoms with E-state index in [0.717, 1.165) is 24.0 Å². The van der Waals surface area contributed by atoms with E-state index >= 15 is 0 Å². The SMILES string of the molecule is CCCN(CCC)C(=O)c1cccc(Nc2nc3ccc(-c4cnc(OC)c(OC)c4)cn3n2)n1. The third-order valence-corrected chi connectivity index (χ3v) is 5.38. The van der Waals surface area contributed by atoms with Crippen LogP contribution in [0.2, 0.25) is 0 Å². The van der Waals surface area contributed by atoms with Crippen LogP contribution < -0.4 is 14.8 Å². The molecule has 0 aromatic carbocycles. The van der Waals surface area contributed by atoms with Gasteiger partial charge in [0.25, 0.3) is 11.8 Å². The number of hydrogen-bond acceptors (Lipinski definition) is 8. The molecule has 0 spiro atoms. The van der Waals surface area contributed by atoms with Gasteiger partial charge >= 0.3 is 0 Å². The lowest BCUT2D eigenvalue weighted by Gasteiger charge is -2.21. The Balaban J connectivity index is 1.56. The van der Waals surface area contributed by atoms with E-state index in [1.54, 1.807) is 43.1 Å². The largest absolute Gasteiger partial charge is 0.491 e. The van der Waals surface area contributed by atoms with Crippen molar-refractivity contribution in [1.82, 2.24) is 29.5 Å². The normalized spacial score (nSPS) is 10.9. The highest BCUT2D eigenvalue weighted by molar-refractivity contribution is 5.92. The highest BCUT2D eigenvalue weighted by Gasteiger charge is 2.16. The van der Waals surface area contributed by atoms with Crippen LogP contribution in [0.3, 0.4) is 0 Å². The first-order chi connectivity index (χ1) is 17.1. The van der Waals surface area contributed by atoms with Gasteiger partial charge in [-0.3, -0.25) is 4.79 Å². The molecule has 0 radical (unpaired) electrons. The molecule has 10 heteroatoms. The van der Waals surface area contributed by atoms with E-state index in [1.165, 1.54) is 0 Å². The van der Waals surface area contributed by atoms with E-state index in [0.29, 0.717) is 47.8 Å². The number of nitrogens with one attached hydrogen (secondary N) is 1. The molecule has 0 saturated carbocycles. The Bertz CT molecular complexity index is 1320. The van der Waals surface area contributed by atoms with E-state index < -0.39 is 0 Å². The lowest BCUT2D eigenvalue weighted by atomic mass is 10.1. The van der Waals surface area contributed by atoms with E-state index in [9.17, 15) is 4.79 Å². The number of rotatable bonds is 10. The predicted molar refractivity (Wildman–Crippen MR) is 133 cm³/mol. The van der Waals surface area contributed by atoms with Crippen molar-refractivity contribution in [3.8, 4) is 22.8 Å². The van der Waals surface area contributed by atoms with Crippen LogP contribution >= 0.6 is 0 Å². The number of aromatic nitrogens is 5. The molecule has 4 aromatic rings. The summed E-state index contributed by atoms with van der Waals surface area (Å²) in [5, 5.41) is 7.63. The highest BCUT2D eigenvalue weighted by Crippen LogP contribution is 2.30. The minimum atomic E-state index is -0.0755. The fourth-order valence-electron chi connectivity index (χ4n) is 3.75. The van der Waals surface area contributed by atoms with Crippen molar-refractivity contribution in [1.29, 1.82) is 0 Å². The van der Waals surface area contributed by atoms with Crippen molar-refractivity contribution in [2.45, 2.75) is 26.7 Å². The Hall–Kier alpha value is -4.21. The number of pyridine rings is 3. The first-order valence-corrected chi connectivity index (χ1v) is 11.5. The Kier molecular flexibility index (Phi) is 7.39. The summed E-state index contributed by atoms with van der Waals surface area (Å²) in [5.41, 5.74) is 2.80. The lowest BCUT2D eigenvalue weighted by molar-refractivity contribution is 0.0750. The van der Waals surface area contributed by atoms with Crippen molar-refractivity contribution in [2.75, 3.05) is 32.6 Å². The molecule has 0 bridgehead atoms. The lowest BCUT2D eigenvalue weighted by Crippen LogP contribution is -2.33. The number of carbonyl (C=O) groups is 1. The van der Waals surface area contributed by atoms with Gasteiger partial charge in [0.1, 0.15) is 11.5 Å². The van der Waals surface area contributed by atoms with Gasteiger partial charge in [-0.05, 0) is 43.2 Å². The zero-order chi connectivity index (χ0) is 24.8. The molecular weight excluding hydrogens is 446 g/mol. The maximum absolute atomic E-state index is 12.9. The third kappa shape index (κ3) is 5.32. The number of nitrogens with zero attached hydrogens (tertiary/aromatic N) is 6. The van der Waals surface area contributed by atoms with E-state index in [-0.39, 0.29) is 5.91 Å². The second-order valence-corrected chi connectivity index (χ2v) is 7.92. The van der Waals surface area contributed by atoms with Gasteiger partial charge in [0.2, 0.25) is 5.95 Å². The topological polar surface area (TPSA) is 107 Å². The Morgan fingerprint density at radius 2 is 1.83 bits per heavy atom. The fraction of sp³-hybridized carbons (Fsp3) is 0.320. The third-order valence-electron chi connectivity index (χ3n) is 5.38.